The molecule has 0 saturated carbocycles. The minimum Gasteiger partial charge on any atom is -0.497 e. The molecule has 0 aliphatic heterocycles. The van der Waals surface area contributed by atoms with Gasteiger partial charge in [-0.15, -0.1) is 0 Å². The summed E-state index contributed by atoms with van der Waals surface area (Å²) < 4.78 is 10.6. The third-order valence-electron chi connectivity index (χ3n) is 3.37. The number of nitrogens with zero attached hydrogens (tertiary/aromatic N) is 2. The number of aromatic nitrogens is 2. The Balaban J connectivity index is 2.08. The number of hydrogen-bond acceptors (Lipinski definition) is 6. The zero-order valence-corrected chi connectivity index (χ0v) is 14.1. The first-order valence-corrected chi connectivity index (χ1v) is 7.67. The van der Waals surface area contributed by atoms with Gasteiger partial charge in [0.15, 0.2) is 0 Å². The summed E-state index contributed by atoms with van der Waals surface area (Å²) in [5.41, 5.74) is 0.820. The molecule has 0 atom stereocenters. The highest BCUT2D eigenvalue weighted by Crippen LogP contribution is 2.31. The van der Waals surface area contributed by atoms with Crippen molar-refractivity contribution in [2.45, 2.75) is 20.3 Å². The van der Waals surface area contributed by atoms with Gasteiger partial charge in [-0.3, -0.25) is 0 Å². The van der Waals surface area contributed by atoms with Crippen LogP contribution >= 0.6 is 0 Å². The van der Waals surface area contributed by atoms with Gasteiger partial charge in [0.2, 0.25) is 0 Å². The fourth-order valence-electron chi connectivity index (χ4n) is 2.05. The summed E-state index contributed by atoms with van der Waals surface area (Å²) in [5, 5.41) is 6.55. The van der Waals surface area contributed by atoms with E-state index in [1.807, 2.05) is 24.3 Å². The molecule has 0 spiro atoms. The molecule has 0 saturated heterocycles. The fourth-order valence-corrected chi connectivity index (χ4v) is 2.05. The van der Waals surface area contributed by atoms with Crippen LogP contribution in [0, 0.1) is 5.92 Å². The Morgan fingerprint density at radius 3 is 2.52 bits per heavy atom. The number of benzene rings is 1. The van der Waals surface area contributed by atoms with E-state index in [1.165, 1.54) is 6.33 Å². The summed E-state index contributed by atoms with van der Waals surface area (Å²) >= 11 is 0. The Kier molecular flexibility index (Phi) is 6.02. The van der Waals surface area contributed by atoms with Gasteiger partial charge in [0.25, 0.3) is 0 Å². The molecule has 1 aromatic heterocycles. The van der Waals surface area contributed by atoms with Crippen LogP contribution in [-0.4, -0.2) is 30.7 Å². The van der Waals surface area contributed by atoms with E-state index in [1.54, 1.807) is 14.2 Å². The van der Waals surface area contributed by atoms with Gasteiger partial charge >= 0.3 is 0 Å². The maximum absolute atomic E-state index is 5.38. The zero-order valence-electron chi connectivity index (χ0n) is 14.1. The van der Waals surface area contributed by atoms with Crippen LogP contribution in [0.4, 0.5) is 17.3 Å². The van der Waals surface area contributed by atoms with Gasteiger partial charge in [-0.1, -0.05) is 13.8 Å². The highest BCUT2D eigenvalue weighted by molar-refractivity contribution is 5.66. The van der Waals surface area contributed by atoms with Crippen molar-refractivity contribution in [3.63, 3.8) is 0 Å². The molecule has 23 heavy (non-hydrogen) atoms. The van der Waals surface area contributed by atoms with E-state index in [4.69, 9.17) is 9.47 Å². The maximum atomic E-state index is 5.38. The van der Waals surface area contributed by atoms with Crippen molar-refractivity contribution < 1.29 is 9.47 Å². The van der Waals surface area contributed by atoms with Crippen molar-refractivity contribution in [1.29, 1.82) is 0 Å². The standard InChI is InChI=1S/C17H24N4O2/c1-12(2)7-8-18-16-10-17(20-11-19-16)21-14-6-5-13(22-3)9-15(14)23-4/h5-6,9-12H,7-8H2,1-4H3,(H2,18,19,20,21). The van der Waals surface area contributed by atoms with Crippen molar-refractivity contribution in [3.8, 4) is 11.5 Å². The van der Waals surface area contributed by atoms with E-state index in [0.29, 0.717) is 17.5 Å². The first-order chi connectivity index (χ1) is 11.1. The van der Waals surface area contributed by atoms with E-state index in [-0.39, 0.29) is 0 Å². The number of methoxy groups -OCH3 is 2. The number of ether oxygens (including phenoxy) is 2. The molecular formula is C17H24N4O2. The van der Waals surface area contributed by atoms with Crippen LogP contribution in [0.3, 0.4) is 0 Å². The second-order valence-corrected chi connectivity index (χ2v) is 5.59. The van der Waals surface area contributed by atoms with Gasteiger partial charge in [-0.05, 0) is 24.5 Å². The quantitative estimate of drug-likeness (QED) is 0.774. The van der Waals surface area contributed by atoms with Gasteiger partial charge < -0.3 is 20.1 Å². The average Bonchev–Trinajstić information content (AvgIpc) is 2.55. The molecule has 0 unspecified atom stereocenters. The molecule has 6 nitrogen and oxygen atoms in total. The van der Waals surface area contributed by atoms with Gasteiger partial charge in [-0.25, -0.2) is 9.97 Å². The minimum atomic E-state index is 0.658. The van der Waals surface area contributed by atoms with Crippen molar-refractivity contribution >= 4 is 17.3 Å². The molecule has 0 radical (unpaired) electrons. The molecule has 1 aromatic carbocycles. The van der Waals surface area contributed by atoms with Gasteiger partial charge in [-0.2, -0.15) is 0 Å². The van der Waals surface area contributed by atoms with Crippen LogP contribution in [0.2, 0.25) is 0 Å². The second kappa shape index (κ2) is 8.22. The summed E-state index contributed by atoms with van der Waals surface area (Å²) in [4.78, 5) is 8.48. The molecule has 0 aliphatic rings. The Bertz CT molecular complexity index is 632. The Labute approximate surface area is 137 Å². The summed E-state index contributed by atoms with van der Waals surface area (Å²) in [5.74, 6) is 3.60. The molecule has 2 N–H and O–H groups in total. The Hall–Kier alpha value is -2.50. The van der Waals surface area contributed by atoms with Crippen molar-refractivity contribution in [2.24, 2.45) is 5.92 Å². The largest absolute Gasteiger partial charge is 0.497 e. The van der Waals surface area contributed by atoms with Crippen LogP contribution in [0.5, 0.6) is 11.5 Å². The lowest BCUT2D eigenvalue weighted by Crippen LogP contribution is -2.07. The predicted octanol–water partition coefficient (Wildman–Crippen LogP) is 3.70. The number of hydrogen-bond donors (Lipinski definition) is 2. The van der Waals surface area contributed by atoms with E-state index >= 15 is 0 Å². The van der Waals surface area contributed by atoms with E-state index in [2.05, 4.69) is 34.4 Å². The van der Waals surface area contributed by atoms with Gasteiger partial charge in [0.05, 0.1) is 19.9 Å². The highest BCUT2D eigenvalue weighted by Gasteiger charge is 2.07. The summed E-state index contributed by atoms with van der Waals surface area (Å²) in [6.07, 6.45) is 2.63. The van der Waals surface area contributed by atoms with Crippen LogP contribution in [-0.2, 0) is 0 Å². The average molecular weight is 316 g/mol. The number of rotatable bonds is 8. The highest BCUT2D eigenvalue weighted by atomic mass is 16.5. The maximum Gasteiger partial charge on any atom is 0.146 e. The molecule has 2 rings (SSSR count). The molecule has 0 fully saturated rings. The summed E-state index contributed by atoms with van der Waals surface area (Å²) in [6, 6.07) is 7.47. The fraction of sp³-hybridized carbons (Fsp3) is 0.412. The Morgan fingerprint density at radius 1 is 1.04 bits per heavy atom. The van der Waals surface area contributed by atoms with Crippen molar-refractivity contribution in [3.05, 3.63) is 30.6 Å². The van der Waals surface area contributed by atoms with Crippen molar-refractivity contribution in [2.75, 3.05) is 31.4 Å². The smallest absolute Gasteiger partial charge is 0.146 e. The molecule has 0 amide bonds. The van der Waals surface area contributed by atoms with E-state index in [0.717, 1.165) is 30.2 Å². The lowest BCUT2D eigenvalue weighted by Gasteiger charge is -2.13. The molecule has 0 aliphatic carbocycles. The molecule has 124 valence electrons. The van der Waals surface area contributed by atoms with Crippen molar-refractivity contribution in [1.82, 2.24) is 9.97 Å². The van der Waals surface area contributed by atoms with Crippen LogP contribution in [0.15, 0.2) is 30.6 Å². The zero-order chi connectivity index (χ0) is 16.7. The lowest BCUT2D eigenvalue weighted by atomic mass is 10.1. The van der Waals surface area contributed by atoms with Crippen LogP contribution < -0.4 is 20.1 Å². The number of nitrogens with one attached hydrogen (secondary N) is 2. The Morgan fingerprint density at radius 2 is 1.83 bits per heavy atom. The SMILES string of the molecule is COc1ccc(Nc2cc(NCCC(C)C)ncn2)c(OC)c1. The number of anilines is 3. The van der Waals surface area contributed by atoms with Gasteiger partial charge in [0, 0.05) is 18.7 Å². The first-order valence-electron chi connectivity index (χ1n) is 7.67. The molecular weight excluding hydrogens is 292 g/mol. The summed E-state index contributed by atoms with van der Waals surface area (Å²) in [6.45, 7) is 5.29. The third-order valence-corrected chi connectivity index (χ3v) is 3.37. The molecule has 6 heteroatoms. The third kappa shape index (κ3) is 5.02. The molecule has 2 aromatic rings. The van der Waals surface area contributed by atoms with Crippen LogP contribution in [0.25, 0.3) is 0 Å². The second-order valence-electron chi connectivity index (χ2n) is 5.59. The molecule has 0 bridgehead atoms. The monoisotopic (exact) mass is 316 g/mol. The van der Waals surface area contributed by atoms with Crippen LogP contribution in [0.1, 0.15) is 20.3 Å². The van der Waals surface area contributed by atoms with E-state index < -0.39 is 0 Å². The van der Waals surface area contributed by atoms with E-state index in [9.17, 15) is 0 Å². The van der Waals surface area contributed by atoms with Gasteiger partial charge in [0.1, 0.15) is 29.5 Å². The minimum absolute atomic E-state index is 0.658. The lowest BCUT2D eigenvalue weighted by molar-refractivity contribution is 0.395. The normalized spacial score (nSPS) is 10.5. The first kappa shape index (κ1) is 16.9. The summed E-state index contributed by atoms with van der Waals surface area (Å²) in [7, 11) is 3.25. The predicted molar refractivity (Wildman–Crippen MR) is 92.8 cm³/mol. The molecule has 1 heterocycles. The topological polar surface area (TPSA) is 68.3 Å².